The Morgan fingerprint density at radius 2 is 1.68 bits per heavy atom. The van der Waals surface area contributed by atoms with Crippen LogP contribution >= 0.6 is 0 Å². The predicted molar refractivity (Wildman–Crippen MR) is 100 cm³/mol. The van der Waals surface area contributed by atoms with Crippen LogP contribution in [0.5, 0.6) is 0 Å². The lowest BCUT2D eigenvalue weighted by atomic mass is 10.0. The van der Waals surface area contributed by atoms with Gasteiger partial charge in [0.1, 0.15) is 11.6 Å². The molecule has 0 spiro atoms. The Morgan fingerprint density at radius 3 is 2.16 bits per heavy atom. The van der Waals surface area contributed by atoms with Gasteiger partial charge in [-0.25, -0.2) is 4.79 Å². The zero-order valence-corrected chi connectivity index (χ0v) is 16.3. The third-order valence-electron chi connectivity index (χ3n) is 3.66. The van der Waals surface area contributed by atoms with Crippen molar-refractivity contribution in [2.45, 2.75) is 65.1 Å². The van der Waals surface area contributed by atoms with Crippen LogP contribution in [0.1, 0.15) is 46.6 Å². The number of rotatable bonds is 8. The van der Waals surface area contributed by atoms with Crippen molar-refractivity contribution >= 4 is 11.9 Å². The van der Waals surface area contributed by atoms with E-state index in [1.165, 1.54) is 0 Å². The Kier molecular flexibility index (Phi) is 8.10. The van der Waals surface area contributed by atoms with Gasteiger partial charge in [0.25, 0.3) is 0 Å². The van der Waals surface area contributed by atoms with E-state index in [2.05, 4.69) is 24.5 Å². The van der Waals surface area contributed by atoms with Crippen molar-refractivity contribution < 1.29 is 14.3 Å². The van der Waals surface area contributed by atoms with Crippen molar-refractivity contribution in [2.75, 3.05) is 7.05 Å². The van der Waals surface area contributed by atoms with E-state index in [1.807, 2.05) is 51.1 Å². The van der Waals surface area contributed by atoms with Crippen LogP contribution in [-0.4, -0.2) is 36.6 Å². The van der Waals surface area contributed by atoms with Gasteiger partial charge >= 0.3 is 5.97 Å². The lowest BCUT2D eigenvalue weighted by Gasteiger charge is -2.26. The maximum atomic E-state index is 12.6. The van der Waals surface area contributed by atoms with Gasteiger partial charge in [0.05, 0.1) is 6.04 Å². The minimum Gasteiger partial charge on any atom is -0.458 e. The number of carbonyl (C=O) groups excluding carboxylic acids is 2. The highest BCUT2D eigenvalue weighted by Crippen LogP contribution is 2.12. The highest BCUT2D eigenvalue weighted by atomic mass is 16.6. The van der Waals surface area contributed by atoms with E-state index in [1.54, 1.807) is 7.05 Å². The fraction of sp³-hybridized carbons (Fsp3) is 0.600. The van der Waals surface area contributed by atoms with Gasteiger partial charge < -0.3 is 15.4 Å². The molecule has 0 heterocycles. The first-order chi connectivity index (χ1) is 11.6. The molecule has 1 rings (SSSR count). The van der Waals surface area contributed by atoms with Gasteiger partial charge in [-0.05, 0) is 45.7 Å². The molecule has 5 heteroatoms. The molecule has 2 atom stereocenters. The molecule has 0 unspecified atom stereocenters. The lowest BCUT2D eigenvalue weighted by Crippen LogP contribution is -2.51. The predicted octanol–water partition coefficient (Wildman–Crippen LogP) is 2.69. The molecule has 1 aromatic carbocycles. The van der Waals surface area contributed by atoms with Gasteiger partial charge in [-0.2, -0.15) is 0 Å². The second-order valence-electron chi connectivity index (χ2n) is 7.76. The van der Waals surface area contributed by atoms with Crippen LogP contribution in [0.25, 0.3) is 0 Å². The summed E-state index contributed by atoms with van der Waals surface area (Å²) in [6.45, 7) is 9.59. The van der Waals surface area contributed by atoms with Gasteiger partial charge in [-0.15, -0.1) is 0 Å². The first kappa shape index (κ1) is 21.2. The van der Waals surface area contributed by atoms with Crippen molar-refractivity contribution in [2.24, 2.45) is 5.92 Å². The molecule has 25 heavy (non-hydrogen) atoms. The zero-order chi connectivity index (χ0) is 19.0. The zero-order valence-electron chi connectivity index (χ0n) is 16.3. The van der Waals surface area contributed by atoms with E-state index in [4.69, 9.17) is 4.74 Å². The van der Waals surface area contributed by atoms with Crippen molar-refractivity contribution in [3.8, 4) is 0 Å². The summed E-state index contributed by atoms with van der Waals surface area (Å²) in [5.74, 6) is -0.218. The molecule has 0 aliphatic heterocycles. The summed E-state index contributed by atoms with van der Waals surface area (Å²) in [6, 6.07) is 8.58. The fourth-order valence-corrected chi connectivity index (χ4v) is 2.52. The van der Waals surface area contributed by atoms with Gasteiger partial charge in [0, 0.05) is 6.42 Å². The fourth-order valence-electron chi connectivity index (χ4n) is 2.52. The molecule has 0 saturated carbocycles. The van der Waals surface area contributed by atoms with Crippen LogP contribution < -0.4 is 10.6 Å². The van der Waals surface area contributed by atoms with Crippen molar-refractivity contribution in [3.05, 3.63) is 35.9 Å². The maximum absolute atomic E-state index is 12.6. The SMILES string of the molecule is CN[C@@H](CC(C)C)C(=O)N[C@@H](Cc1ccccc1)C(=O)OC(C)(C)C. The van der Waals surface area contributed by atoms with Crippen molar-refractivity contribution in [1.82, 2.24) is 10.6 Å². The molecule has 1 aromatic rings. The van der Waals surface area contributed by atoms with Gasteiger partial charge in [0.15, 0.2) is 0 Å². The summed E-state index contributed by atoms with van der Waals surface area (Å²) >= 11 is 0. The van der Waals surface area contributed by atoms with E-state index in [0.717, 1.165) is 5.56 Å². The van der Waals surface area contributed by atoms with E-state index in [-0.39, 0.29) is 11.9 Å². The van der Waals surface area contributed by atoms with Gasteiger partial charge in [-0.1, -0.05) is 44.2 Å². The van der Waals surface area contributed by atoms with E-state index in [0.29, 0.717) is 18.8 Å². The molecule has 0 aliphatic carbocycles. The molecule has 2 N–H and O–H groups in total. The minimum atomic E-state index is -0.711. The van der Waals surface area contributed by atoms with Gasteiger partial charge in [-0.3, -0.25) is 4.79 Å². The summed E-state index contributed by atoms with van der Waals surface area (Å²) in [5, 5.41) is 5.89. The Morgan fingerprint density at radius 1 is 1.08 bits per heavy atom. The summed E-state index contributed by atoms with van der Waals surface area (Å²) in [7, 11) is 1.76. The largest absolute Gasteiger partial charge is 0.458 e. The highest BCUT2D eigenvalue weighted by Gasteiger charge is 2.29. The number of amides is 1. The topological polar surface area (TPSA) is 67.4 Å². The molecule has 0 saturated heterocycles. The van der Waals surface area contributed by atoms with E-state index in [9.17, 15) is 9.59 Å². The number of carbonyl (C=O) groups is 2. The van der Waals surface area contributed by atoms with E-state index >= 15 is 0 Å². The molecule has 5 nitrogen and oxygen atoms in total. The summed E-state index contributed by atoms with van der Waals surface area (Å²) in [5.41, 5.74) is 0.375. The van der Waals surface area contributed by atoms with Crippen LogP contribution in [-0.2, 0) is 20.7 Å². The van der Waals surface area contributed by atoms with Gasteiger partial charge in [0.2, 0.25) is 5.91 Å². The quantitative estimate of drug-likeness (QED) is 0.709. The number of hydrogen-bond donors (Lipinski definition) is 2. The molecule has 0 aliphatic rings. The molecular formula is C20H32N2O3. The Hall–Kier alpha value is -1.88. The summed E-state index contributed by atoms with van der Waals surface area (Å²) in [4.78, 5) is 25.2. The molecule has 0 fully saturated rings. The van der Waals surface area contributed by atoms with Crippen LogP contribution in [0.2, 0.25) is 0 Å². The number of hydrogen-bond acceptors (Lipinski definition) is 4. The Bertz CT molecular complexity index is 550. The summed E-state index contributed by atoms with van der Waals surface area (Å²) in [6.07, 6.45) is 1.11. The maximum Gasteiger partial charge on any atom is 0.329 e. The average molecular weight is 348 g/mol. The second-order valence-corrected chi connectivity index (χ2v) is 7.76. The molecule has 1 amide bonds. The third kappa shape index (κ3) is 8.16. The Balaban J connectivity index is 2.89. The van der Waals surface area contributed by atoms with Crippen LogP contribution in [0.4, 0.5) is 0 Å². The second kappa shape index (κ2) is 9.56. The number of likely N-dealkylation sites (N-methyl/N-ethyl adjacent to an activating group) is 1. The molecule has 0 bridgehead atoms. The minimum absolute atomic E-state index is 0.178. The molecular weight excluding hydrogens is 316 g/mol. The lowest BCUT2D eigenvalue weighted by molar-refractivity contribution is -0.158. The summed E-state index contributed by atoms with van der Waals surface area (Å²) < 4.78 is 5.49. The number of esters is 1. The van der Waals surface area contributed by atoms with Crippen molar-refractivity contribution in [3.63, 3.8) is 0 Å². The van der Waals surface area contributed by atoms with Crippen LogP contribution in [0.3, 0.4) is 0 Å². The third-order valence-corrected chi connectivity index (χ3v) is 3.66. The van der Waals surface area contributed by atoms with Crippen LogP contribution in [0.15, 0.2) is 30.3 Å². The number of benzene rings is 1. The first-order valence-corrected chi connectivity index (χ1v) is 8.86. The van der Waals surface area contributed by atoms with Crippen LogP contribution in [0, 0.1) is 5.92 Å². The highest BCUT2D eigenvalue weighted by molar-refractivity contribution is 5.87. The monoisotopic (exact) mass is 348 g/mol. The molecule has 0 aromatic heterocycles. The molecule has 140 valence electrons. The number of nitrogens with one attached hydrogen (secondary N) is 2. The molecule has 0 radical (unpaired) electrons. The standard InChI is InChI=1S/C20H32N2O3/c1-14(2)12-16(21-6)18(23)22-17(19(24)25-20(3,4)5)13-15-10-8-7-9-11-15/h7-11,14,16-17,21H,12-13H2,1-6H3,(H,22,23)/t16-,17-/m0/s1. The normalized spacial score (nSPS) is 14.0. The number of ether oxygens (including phenoxy) is 1. The van der Waals surface area contributed by atoms with E-state index < -0.39 is 17.6 Å². The average Bonchev–Trinajstić information content (AvgIpc) is 2.51. The first-order valence-electron chi connectivity index (χ1n) is 8.86. The van der Waals surface area contributed by atoms with Crippen molar-refractivity contribution in [1.29, 1.82) is 0 Å². The Labute approximate surface area is 151 Å². The smallest absolute Gasteiger partial charge is 0.329 e.